The van der Waals surface area contributed by atoms with E-state index in [0.29, 0.717) is 6.04 Å². The van der Waals surface area contributed by atoms with Gasteiger partial charge in [-0.3, -0.25) is 0 Å². The summed E-state index contributed by atoms with van der Waals surface area (Å²) in [6, 6.07) is 0.705. The average molecular weight is 256 g/mol. The molecule has 0 spiro atoms. The van der Waals surface area contributed by atoms with Crippen molar-refractivity contribution in [1.29, 1.82) is 0 Å². The van der Waals surface area contributed by atoms with Crippen molar-refractivity contribution in [3.8, 4) is 0 Å². The van der Waals surface area contributed by atoms with E-state index in [9.17, 15) is 5.11 Å². The number of rotatable bonds is 2. The maximum atomic E-state index is 9.87. The highest BCUT2D eigenvalue weighted by atomic mass is 32.1. The van der Waals surface area contributed by atoms with Crippen LogP contribution in [-0.2, 0) is 0 Å². The predicted octanol–water partition coefficient (Wildman–Crippen LogP) is 2.09. The van der Waals surface area contributed by atoms with Crippen LogP contribution in [0.4, 0.5) is 0 Å². The van der Waals surface area contributed by atoms with Gasteiger partial charge >= 0.3 is 0 Å². The number of hydrogen-bond acceptors (Lipinski definition) is 2. The number of thiocarbonyl (C=S) groups is 1. The molecule has 3 nitrogen and oxygen atoms in total. The molecule has 0 aromatic carbocycles. The van der Waals surface area contributed by atoms with Crippen molar-refractivity contribution in [2.75, 3.05) is 0 Å². The van der Waals surface area contributed by atoms with Gasteiger partial charge in [-0.05, 0) is 37.9 Å². The van der Waals surface area contributed by atoms with Crippen LogP contribution < -0.4 is 10.6 Å². The van der Waals surface area contributed by atoms with Gasteiger partial charge in [-0.25, -0.2) is 0 Å². The van der Waals surface area contributed by atoms with Gasteiger partial charge in [0.15, 0.2) is 5.11 Å². The van der Waals surface area contributed by atoms with Crippen LogP contribution >= 0.6 is 12.2 Å². The minimum absolute atomic E-state index is 0.160. The SMILES string of the molecule is O[C@@H]1CCCC[C@@H]1NC(=S)NC1CCCCC1. The zero-order valence-corrected chi connectivity index (χ0v) is 11.3. The lowest BCUT2D eigenvalue weighted by Gasteiger charge is -2.31. The summed E-state index contributed by atoms with van der Waals surface area (Å²) in [5.41, 5.74) is 0. The molecule has 0 heterocycles. The summed E-state index contributed by atoms with van der Waals surface area (Å²) in [4.78, 5) is 0. The fourth-order valence-corrected chi connectivity index (χ4v) is 3.24. The molecule has 2 atom stereocenters. The smallest absolute Gasteiger partial charge is 0.166 e. The molecule has 2 aliphatic carbocycles. The molecule has 0 unspecified atom stereocenters. The van der Waals surface area contributed by atoms with E-state index < -0.39 is 0 Å². The topological polar surface area (TPSA) is 44.3 Å². The van der Waals surface area contributed by atoms with Crippen molar-refractivity contribution in [3.05, 3.63) is 0 Å². The molecule has 0 aliphatic heterocycles. The Kier molecular flexibility index (Phi) is 5.04. The van der Waals surface area contributed by atoms with E-state index in [1.807, 2.05) is 0 Å². The number of aliphatic hydroxyl groups is 1. The van der Waals surface area contributed by atoms with Crippen molar-refractivity contribution < 1.29 is 5.11 Å². The van der Waals surface area contributed by atoms with E-state index in [2.05, 4.69) is 10.6 Å². The molecule has 98 valence electrons. The van der Waals surface area contributed by atoms with E-state index in [4.69, 9.17) is 12.2 Å². The van der Waals surface area contributed by atoms with Crippen molar-refractivity contribution in [3.63, 3.8) is 0 Å². The standard InChI is InChI=1S/C13H24N2OS/c16-12-9-5-4-8-11(12)15-13(17)14-10-6-2-1-3-7-10/h10-12,16H,1-9H2,(H2,14,15,17)/t11-,12+/m0/s1. The summed E-state index contributed by atoms with van der Waals surface area (Å²) in [5.74, 6) is 0. The Balaban J connectivity index is 1.72. The molecule has 0 bridgehead atoms. The Morgan fingerprint density at radius 2 is 1.53 bits per heavy atom. The van der Waals surface area contributed by atoms with Gasteiger partial charge in [-0.2, -0.15) is 0 Å². The van der Waals surface area contributed by atoms with Crippen LogP contribution in [0.25, 0.3) is 0 Å². The first-order chi connectivity index (χ1) is 8.25. The molecule has 0 saturated heterocycles. The lowest BCUT2D eigenvalue weighted by atomic mass is 9.92. The maximum absolute atomic E-state index is 9.87. The Morgan fingerprint density at radius 1 is 0.882 bits per heavy atom. The zero-order valence-electron chi connectivity index (χ0n) is 10.5. The van der Waals surface area contributed by atoms with Gasteiger partial charge in [0.25, 0.3) is 0 Å². The number of hydrogen-bond donors (Lipinski definition) is 3. The highest BCUT2D eigenvalue weighted by Crippen LogP contribution is 2.19. The lowest BCUT2D eigenvalue weighted by Crippen LogP contribution is -2.51. The molecule has 0 amide bonds. The summed E-state index contributed by atoms with van der Waals surface area (Å²) in [5, 5.41) is 17.3. The van der Waals surface area contributed by atoms with Gasteiger partial charge in [-0.1, -0.05) is 32.1 Å². The Labute approximate surface area is 109 Å². The normalized spacial score (nSPS) is 30.9. The minimum Gasteiger partial charge on any atom is -0.391 e. The molecular formula is C13H24N2OS. The second-order valence-electron chi connectivity index (χ2n) is 5.41. The molecule has 2 saturated carbocycles. The van der Waals surface area contributed by atoms with Crippen LogP contribution in [-0.4, -0.2) is 28.4 Å². The maximum Gasteiger partial charge on any atom is 0.166 e. The summed E-state index contributed by atoms with van der Waals surface area (Å²) >= 11 is 5.34. The second kappa shape index (κ2) is 6.55. The average Bonchev–Trinajstić information content (AvgIpc) is 2.33. The van der Waals surface area contributed by atoms with E-state index in [1.54, 1.807) is 0 Å². The molecule has 0 aromatic heterocycles. The summed E-state index contributed by atoms with van der Waals surface area (Å²) in [7, 11) is 0. The number of aliphatic hydroxyl groups excluding tert-OH is 1. The van der Waals surface area contributed by atoms with Crippen molar-refractivity contribution in [2.24, 2.45) is 0 Å². The Hall–Kier alpha value is -0.350. The molecule has 0 radical (unpaired) electrons. The predicted molar refractivity (Wildman–Crippen MR) is 74.0 cm³/mol. The zero-order chi connectivity index (χ0) is 12.1. The van der Waals surface area contributed by atoms with Gasteiger partial charge in [0, 0.05) is 6.04 Å². The monoisotopic (exact) mass is 256 g/mol. The third-order valence-electron chi connectivity index (χ3n) is 3.99. The Bertz CT molecular complexity index is 254. The van der Waals surface area contributed by atoms with E-state index in [-0.39, 0.29) is 12.1 Å². The third-order valence-corrected chi connectivity index (χ3v) is 4.22. The quantitative estimate of drug-likeness (QED) is 0.662. The van der Waals surface area contributed by atoms with Gasteiger partial charge in [0.05, 0.1) is 12.1 Å². The van der Waals surface area contributed by atoms with Gasteiger partial charge in [0.1, 0.15) is 0 Å². The molecule has 2 fully saturated rings. The van der Waals surface area contributed by atoms with Crippen LogP contribution in [0.2, 0.25) is 0 Å². The molecule has 0 aromatic rings. The summed E-state index contributed by atoms with van der Waals surface area (Å²) in [6.07, 6.45) is 10.5. The fraction of sp³-hybridized carbons (Fsp3) is 0.923. The molecule has 17 heavy (non-hydrogen) atoms. The van der Waals surface area contributed by atoms with Crippen molar-refractivity contribution in [2.45, 2.75) is 76.0 Å². The first-order valence-corrected chi connectivity index (χ1v) is 7.41. The largest absolute Gasteiger partial charge is 0.391 e. The van der Waals surface area contributed by atoms with Crippen LogP contribution in [0.5, 0.6) is 0 Å². The van der Waals surface area contributed by atoms with Crippen LogP contribution in [0.3, 0.4) is 0 Å². The molecule has 2 aliphatic rings. The molecular weight excluding hydrogens is 232 g/mol. The van der Waals surface area contributed by atoms with E-state index in [0.717, 1.165) is 24.4 Å². The highest BCUT2D eigenvalue weighted by molar-refractivity contribution is 7.80. The van der Waals surface area contributed by atoms with Crippen LogP contribution in [0.15, 0.2) is 0 Å². The molecule has 4 heteroatoms. The summed E-state index contributed by atoms with van der Waals surface area (Å²) in [6.45, 7) is 0. The fourth-order valence-electron chi connectivity index (χ4n) is 2.92. The number of nitrogens with one attached hydrogen (secondary N) is 2. The second-order valence-corrected chi connectivity index (χ2v) is 5.82. The van der Waals surface area contributed by atoms with Crippen molar-refractivity contribution in [1.82, 2.24) is 10.6 Å². The van der Waals surface area contributed by atoms with Gasteiger partial charge < -0.3 is 15.7 Å². The first kappa shape index (κ1) is 13.1. The van der Waals surface area contributed by atoms with Crippen molar-refractivity contribution >= 4 is 17.3 Å². The van der Waals surface area contributed by atoms with Crippen LogP contribution in [0.1, 0.15) is 57.8 Å². The molecule has 2 rings (SSSR count). The molecule has 3 N–H and O–H groups in total. The van der Waals surface area contributed by atoms with Gasteiger partial charge in [-0.15, -0.1) is 0 Å². The van der Waals surface area contributed by atoms with E-state index >= 15 is 0 Å². The van der Waals surface area contributed by atoms with E-state index in [1.165, 1.54) is 38.5 Å². The third kappa shape index (κ3) is 4.11. The van der Waals surface area contributed by atoms with Crippen LogP contribution in [0, 0.1) is 0 Å². The lowest BCUT2D eigenvalue weighted by molar-refractivity contribution is 0.0995. The van der Waals surface area contributed by atoms with Gasteiger partial charge in [0.2, 0.25) is 0 Å². The first-order valence-electron chi connectivity index (χ1n) is 7.01. The highest BCUT2D eigenvalue weighted by Gasteiger charge is 2.24. The Morgan fingerprint density at radius 3 is 2.24 bits per heavy atom. The minimum atomic E-state index is -0.227. The summed E-state index contributed by atoms with van der Waals surface area (Å²) < 4.78 is 0.